The van der Waals surface area contributed by atoms with Crippen molar-refractivity contribution in [2.45, 2.75) is 0 Å². The maximum Gasteiger partial charge on any atom is 0.258 e. The number of hydrogen-bond donors (Lipinski definition) is 2. The van der Waals surface area contributed by atoms with E-state index in [-0.39, 0.29) is 27.1 Å². The monoisotopic (exact) mass is 328 g/mol. The smallest absolute Gasteiger partial charge is 0.258 e. The van der Waals surface area contributed by atoms with Crippen LogP contribution in [-0.4, -0.2) is 22.0 Å². The second kappa shape index (κ2) is 6.02. The number of anilines is 1. The summed E-state index contributed by atoms with van der Waals surface area (Å²) in [7, 11) is 0. The Labute approximate surface area is 128 Å². The third kappa shape index (κ3) is 3.45. The SMILES string of the molecule is NC(=O)c1cc(NC(=O)c2cc(Cl)nnc2Cl)ccc1F. The number of halogens is 3. The molecule has 9 heteroatoms. The van der Waals surface area contributed by atoms with Gasteiger partial charge in [-0.25, -0.2) is 4.39 Å². The molecule has 6 nitrogen and oxygen atoms in total. The number of carbonyl (C=O) groups is 2. The van der Waals surface area contributed by atoms with Gasteiger partial charge in [0.1, 0.15) is 5.82 Å². The first kappa shape index (κ1) is 15.1. The van der Waals surface area contributed by atoms with Gasteiger partial charge in [-0.2, -0.15) is 0 Å². The molecule has 1 aromatic carbocycles. The molecule has 0 aliphatic carbocycles. The Morgan fingerprint density at radius 2 is 1.86 bits per heavy atom. The summed E-state index contributed by atoms with van der Waals surface area (Å²) < 4.78 is 13.3. The molecule has 0 bridgehead atoms. The Hall–Kier alpha value is -2.25. The van der Waals surface area contributed by atoms with Crippen molar-refractivity contribution in [2.24, 2.45) is 5.73 Å². The molecule has 0 aliphatic heterocycles. The standard InChI is InChI=1S/C12H7Cl2FN4O2/c13-9-4-7(10(14)19-18-9)12(21)17-5-1-2-8(15)6(3-5)11(16)20/h1-4H,(H2,16,20)(H,17,21). The van der Waals surface area contributed by atoms with E-state index in [9.17, 15) is 14.0 Å². The summed E-state index contributed by atoms with van der Waals surface area (Å²) in [5, 5.41) is 9.23. The van der Waals surface area contributed by atoms with Crippen molar-refractivity contribution in [3.63, 3.8) is 0 Å². The summed E-state index contributed by atoms with van der Waals surface area (Å²) in [4.78, 5) is 23.1. The largest absolute Gasteiger partial charge is 0.366 e. The van der Waals surface area contributed by atoms with Crippen LogP contribution in [0.5, 0.6) is 0 Å². The van der Waals surface area contributed by atoms with Crippen LogP contribution in [0.15, 0.2) is 24.3 Å². The van der Waals surface area contributed by atoms with Gasteiger partial charge in [0.15, 0.2) is 10.3 Å². The van der Waals surface area contributed by atoms with Gasteiger partial charge in [0.2, 0.25) is 0 Å². The molecule has 1 heterocycles. The van der Waals surface area contributed by atoms with Crippen LogP contribution < -0.4 is 11.1 Å². The number of benzene rings is 1. The minimum Gasteiger partial charge on any atom is -0.366 e. The van der Waals surface area contributed by atoms with Crippen molar-refractivity contribution >= 4 is 40.7 Å². The molecule has 0 saturated heterocycles. The van der Waals surface area contributed by atoms with Crippen molar-refractivity contribution in [1.82, 2.24) is 10.2 Å². The third-order valence-electron chi connectivity index (χ3n) is 2.45. The van der Waals surface area contributed by atoms with Crippen LogP contribution in [0.2, 0.25) is 10.3 Å². The van der Waals surface area contributed by atoms with E-state index in [2.05, 4.69) is 15.5 Å². The molecule has 2 aromatic rings. The molecule has 0 unspecified atom stereocenters. The van der Waals surface area contributed by atoms with E-state index in [1.54, 1.807) is 0 Å². The van der Waals surface area contributed by atoms with Crippen LogP contribution in [0, 0.1) is 5.82 Å². The predicted octanol–water partition coefficient (Wildman–Crippen LogP) is 2.27. The lowest BCUT2D eigenvalue weighted by atomic mass is 10.1. The molecular formula is C12H7Cl2FN4O2. The van der Waals surface area contributed by atoms with E-state index in [4.69, 9.17) is 28.9 Å². The molecular weight excluding hydrogens is 322 g/mol. The van der Waals surface area contributed by atoms with Crippen LogP contribution >= 0.6 is 23.2 Å². The predicted molar refractivity (Wildman–Crippen MR) is 74.9 cm³/mol. The minimum atomic E-state index is -0.949. The van der Waals surface area contributed by atoms with E-state index in [1.165, 1.54) is 12.1 Å². The first-order valence-electron chi connectivity index (χ1n) is 5.48. The average Bonchev–Trinajstić information content (AvgIpc) is 2.43. The number of primary amides is 1. The molecule has 3 N–H and O–H groups in total. The Morgan fingerprint density at radius 3 is 2.52 bits per heavy atom. The van der Waals surface area contributed by atoms with Crippen LogP contribution in [-0.2, 0) is 0 Å². The quantitative estimate of drug-likeness (QED) is 0.902. The minimum absolute atomic E-state index is 0.0124. The summed E-state index contributed by atoms with van der Waals surface area (Å²) in [5.74, 6) is -2.37. The van der Waals surface area contributed by atoms with Gasteiger partial charge in [0, 0.05) is 5.69 Å². The zero-order valence-electron chi connectivity index (χ0n) is 10.2. The van der Waals surface area contributed by atoms with Gasteiger partial charge in [-0.1, -0.05) is 23.2 Å². The second-order valence-corrected chi connectivity index (χ2v) is 4.63. The van der Waals surface area contributed by atoms with Crippen molar-refractivity contribution in [3.8, 4) is 0 Å². The van der Waals surface area contributed by atoms with Crippen molar-refractivity contribution in [2.75, 3.05) is 5.32 Å². The molecule has 0 spiro atoms. The molecule has 0 atom stereocenters. The third-order valence-corrected chi connectivity index (χ3v) is 2.92. The number of aromatic nitrogens is 2. The van der Waals surface area contributed by atoms with Crippen molar-refractivity contribution in [3.05, 3.63) is 51.5 Å². The first-order chi connectivity index (χ1) is 9.88. The highest BCUT2D eigenvalue weighted by Gasteiger charge is 2.15. The number of nitrogens with one attached hydrogen (secondary N) is 1. The molecule has 1 aromatic heterocycles. The van der Waals surface area contributed by atoms with Crippen LogP contribution in [0.25, 0.3) is 0 Å². The van der Waals surface area contributed by atoms with Crippen molar-refractivity contribution < 1.29 is 14.0 Å². The number of amides is 2. The summed E-state index contributed by atoms with van der Waals surface area (Å²) in [5.41, 5.74) is 4.83. The lowest BCUT2D eigenvalue weighted by Gasteiger charge is -2.07. The van der Waals surface area contributed by atoms with Gasteiger partial charge >= 0.3 is 0 Å². The van der Waals surface area contributed by atoms with E-state index >= 15 is 0 Å². The van der Waals surface area contributed by atoms with E-state index in [0.717, 1.165) is 12.1 Å². The highest BCUT2D eigenvalue weighted by Crippen LogP contribution is 2.19. The lowest BCUT2D eigenvalue weighted by molar-refractivity contribution is 0.0992. The van der Waals surface area contributed by atoms with E-state index in [1.807, 2.05) is 0 Å². The number of hydrogen-bond acceptors (Lipinski definition) is 4. The second-order valence-electron chi connectivity index (χ2n) is 3.88. The topological polar surface area (TPSA) is 98.0 Å². The average molecular weight is 329 g/mol. The zero-order valence-corrected chi connectivity index (χ0v) is 11.7. The summed E-state index contributed by atoms with van der Waals surface area (Å²) in [6, 6.07) is 4.61. The Balaban J connectivity index is 2.29. The number of rotatable bonds is 3. The maximum absolute atomic E-state index is 13.3. The maximum atomic E-state index is 13.3. The van der Waals surface area contributed by atoms with E-state index in [0.29, 0.717) is 0 Å². The molecule has 108 valence electrons. The molecule has 21 heavy (non-hydrogen) atoms. The van der Waals surface area contributed by atoms with Crippen LogP contribution in [0.3, 0.4) is 0 Å². The fourth-order valence-corrected chi connectivity index (χ4v) is 1.83. The Bertz CT molecular complexity index is 739. The fraction of sp³-hybridized carbons (Fsp3) is 0. The summed E-state index contributed by atoms with van der Waals surface area (Å²) in [6.07, 6.45) is 0. The Kier molecular flexibility index (Phi) is 4.35. The highest BCUT2D eigenvalue weighted by atomic mass is 35.5. The van der Waals surface area contributed by atoms with E-state index < -0.39 is 17.6 Å². The van der Waals surface area contributed by atoms with Gasteiger partial charge in [-0.3, -0.25) is 9.59 Å². The van der Waals surface area contributed by atoms with Gasteiger partial charge < -0.3 is 11.1 Å². The van der Waals surface area contributed by atoms with Crippen molar-refractivity contribution in [1.29, 1.82) is 0 Å². The number of carbonyl (C=O) groups excluding carboxylic acids is 2. The molecule has 0 aliphatic rings. The van der Waals surface area contributed by atoms with Gasteiger partial charge in [-0.05, 0) is 24.3 Å². The van der Waals surface area contributed by atoms with Crippen LogP contribution in [0.1, 0.15) is 20.7 Å². The molecule has 0 radical (unpaired) electrons. The lowest BCUT2D eigenvalue weighted by Crippen LogP contribution is -2.16. The molecule has 2 rings (SSSR count). The number of nitrogens with two attached hydrogens (primary N) is 1. The van der Waals surface area contributed by atoms with Gasteiger partial charge in [0.25, 0.3) is 11.8 Å². The molecule has 2 amide bonds. The highest BCUT2D eigenvalue weighted by molar-refractivity contribution is 6.34. The first-order valence-corrected chi connectivity index (χ1v) is 6.23. The molecule has 0 fully saturated rings. The van der Waals surface area contributed by atoms with Gasteiger partial charge in [-0.15, -0.1) is 10.2 Å². The fourth-order valence-electron chi connectivity index (χ4n) is 1.50. The summed E-state index contributed by atoms with van der Waals surface area (Å²) >= 11 is 11.4. The van der Waals surface area contributed by atoms with Crippen LogP contribution in [0.4, 0.5) is 10.1 Å². The molecule has 0 saturated carbocycles. The zero-order chi connectivity index (χ0) is 15.6. The van der Waals surface area contributed by atoms with Gasteiger partial charge in [0.05, 0.1) is 11.1 Å². The number of nitrogens with zero attached hydrogens (tertiary/aromatic N) is 2. The Morgan fingerprint density at radius 1 is 1.14 bits per heavy atom. The summed E-state index contributed by atoms with van der Waals surface area (Å²) in [6.45, 7) is 0. The normalized spacial score (nSPS) is 10.2.